The Morgan fingerprint density at radius 1 is 0.625 bits per heavy atom. The highest BCUT2D eigenvalue weighted by molar-refractivity contribution is 5.65. The fourth-order valence-electron chi connectivity index (χ4n) is 7.51. The number of carbonyl (C=O) groups excluding carboxylic acids is 2. The van der Waals surface area contributed by atoms with Gasteiger partial charge in [0.1, 0.15) is 35.2 Å². The molecule has 0 radical (unpaired) electrons. The standard InChI is InChI=1S/C38H58N2O8/c1-5-7-15-25-17-11-9-13-23(3)36(48-38(40)46)28-21-31(43)34(32(44)22-28)26(16-8-6-2)18-12-10-14-24(4)35(47-37(39)45)27-19-29(41)33(25)30(42)20-27/h19-26,35-36,41-44H,5-18H2,1-4H3,(H2,39,45)(H2,40,46)/t23-,24-,25-,26+,35+,36+/m0/s1. The molecule has 4 aliphatic carbocycles. The van der Waals surface area contributed by atoms with Gasteiger partial charge in [0.25, 0.3) is 0 Å². The highest BCUT2D eigenvalue weighted by atomic mass is 16.6. The van der Waals surface area contributed by atoms with Gasteiger partial charge in [0, 0.05) is 22.3 Å². The number of rotatable bonds is 8. The fraction of sp³-hybridized carbons (Fsp3) is 0.632. The number of unbranched alkanes of at least 4 members (excludes halogenated alkanes) is 2. The van der Waals surface area contributed by atoms with E-state index in [1.54, 1.807) is 24.3 Å². The summed E-state index contributed by atoms with van der Waals surface area (Å²) in [5, 5.41) is 45.1. The van der Waals surface area contributed by atoms with Crippen LogP contribution in [0.4, 0.5) is 9.59 Å². The number of hydrogen-bond donors (Lipinski definition) is 6. The molecule has 0 saturated heterocycles. The van der Waals surface area contributed by atoms with E-state index in [9.17, 15) is 30.0 Å². The van der Waals surface area contributed by atoms with Gasteiger partial charge in [-0.1, -0.05) is 79.1 Å². The highest BCUT2D eigenvalue weighted by Gasteiger charge is 2.30. The van der Waals surface area contributed by atoms with E-state index >= 15 is 0 Å². The van der Waals surface area contributed by atoms with Crippen LogP contribution in [0.1, 0.15) is 164 Å². The van der Waals surface area contributed by atoms with E-state index in [1.165, 1.54) is 0 Å². The van der Waals surface area contributed by atoms with E-state index in [0.717, 1.165) is 64.2 Å². The van der Waals surface area contributed by atoms with E-state index in [0.29, 0.717) is 47.9 Å². The summed E-state index contributed by atoms with van der Waals surface area (Å²) < 4.78 is 11.1. The first-order valence-corrected chi connectivity index (χ1v) is 17.9. The van der Waals surface area contributed by atoms with Gasteiger partial charge in [-0.2, -0.15) is 0 Å². The van der Waals surface area contributed by atoms with Gasteiger partial charge in [0.05, 0.1) is 0 Å². The number of benzene rings is 2. The number of amides is 2. The second-order valence-corrected chi connectivity index (χ2v) is 13.9. The zero-order chi connectivity index (χ0) is 35.4. The fourth-order valence-corrected chi connectivity index (χ4v) is 7.51. The molecule has 8 N–H and O–H groups in total. The summed E-state index contributed by atoms with van der Waals surface area (Å²) in [5.41, 5.74) is 12.9. The first kappa shape index (κ1) is 38.6. The topological polar surface area (TPSA) is 186 Å². The third kappa shape index (κ3) is 10.6. The molecule has 0 spiro atoms. The van der Waals surface area contributed by atoms with Crippen LogP contribution in [0.15, 0.2) is 24.3 Å². The predicted molar refractivity (Wildman–Crippen MR) is 186 cm³/mol. The molecule has 10 heteroatoms. The van der Waals surface area contributed by atoms with Crippen LogP contribution in [0.5, 0.6) is 23.0 Å². The van der Waals surface area contributed by atoms with Crippen molar-refractivity contribution in [2.24, 2.45) is 23.3 Å². The van der Waals surface area contributed by atoms with Crippen LogP contribution in [-0.4, -0.2) is 32.6 Å². The number of phenolic OH excluding ortho intramolecular Hbond substituents is 4. The van der Waals surface area contributed by atoms with Gasteiger partial charge in [0.15, 0.2) is 0 Å². The number of primary amides is 2. The number of phenols is 4. The quantitative estimate of drug-likeness (QED) is 0.160. The Balaban J connectivity index is 2.04. The molecular formula is C38H58N2O8. The van der Waals surface area contributed by atoms with Crippen LogP contribution < -0.4 is 11.5 Å². The smallest absolute Gasteiger partial charge is 0.405 e. The van der Waals surface area contributed by atoms with E-state index in [2.05, 4.69) is 13.8 Å². The van der Waals surface area contributed by atoms with Crippen molar-refractivity contribution in [2.45, 2.75) is 142 Å². The van der Waals surface area contributed by atoms with E-state index in [-0.39, 0.29) is 46.7 Å². The number of carbonyl (C=O) groups is 2. The Morgan fingerprint density at radius 3 is 1.23 bits per heavy atom. The van der Waals surface area contributed by atoms with Crippen molar-refractivity contribution in [3.8, 4) is 23.0 Å². The van der Waals surface area contributed by atoms with Gasteiger partial charge in [-0.3, -0.25) is 0 Å². The summed E-state index contributed by atoms with van der Waals surface area (Å²) in [6, 6.07) is 6.36. The Morgan fingerprint density at radius 2 is 0.938 bits per heavy atom. The van der Waals surface area contributed by atoms with Crippen LogP contribution >= 0.6 is 0 Å². The summed E-state index contributed by atoms with van der Waals surface area (Å²) in [5.74, 6) is -0.636. The van der Waals surface area contributed by atoms with Crippen LogP contribution in [0.25, 0.3) is 0 Å². The van der Waals surface area contributed by atoms with Crippen molar-refractivity contribution in [1.82, 2.24) is 0 Å². The monoisotopic (exact) mass is 670 g/mol. The summed E-state index contributed by atoms with van der Waals surface area (Å²) in [6.07, 6.45) is 7.81. The molecular weight excluding hydrogens is 612 g/mol. The van der Waals surface area contributed by atoms with Gasteiger partial charge >= 0.3 is 12.2 Å². The molecule has 2 aromatic carbocycles. The zero-order valence-electron chi connectivity index (χ0n) is 29.2. The number of ether oxygens (including phenoxy) is 2. The molecule has 0 saturated carbocycles. The van der Waals surface area contributed by atoms with Gasteiger partial charge < -0.3 is 41.4 Å². The highest BCUT2D eigenvalue weighted by Crippen LogP contribution is 2.46. The molecule has 268 valence electrons. The lowest BCUT2D eigenvalue weighted by molar-refractivity contribution is 0.0683. The number of nitrogens with two attached hydrogens (primary N) is 2. The lowest BCUT2D eigenvalue weighted by Crippen LogP contribution is -2.22. The molecule has 0 aromatic heterocycles. The normalized spacial score (nSPS) is 24.3. The van der Waals surface area contributed by atoms with Crippen molar-refractivity contribution in [2.75, 3.05) is 0 Å². The summed E-state index contributed by atoms with van der Waals surface area (Å²) in [6.45, 7) is 8.10. The Hall–Kier alpha value is -3.82. The maximum absolute atomic E-state index is 12.0. The molecule has 6 atom stereocenters. The minimum absolute atomic E-state index is 0.0248. The molecule has 6 rings (SSSR count). The molecule has 2 amide bonds. The second-order valence-electron chi connectivity index (χ2n) is 13.9. The minimum Gasteiger partial charge on any atom is -0.508 e. The minimum atomic E-state index is -0.927. The molecule has 2 aromatic rings. The Bertz CT molecular complexity index is 1200. The van der Waals surface area contributed by atoms with Crippen LogP contribution in [-0.2, 0) is 9.47 Å². The Kier molecular flexibility index (Phi) is 15.0. The summed E-state index contributed by atoms with van der Waals surface area (Å²) in [4.78, 5) is 23.9. The lowest BCUT2D eigenvalue weighted by Gasteiger charge is -2.28. The first-order valence-electron chi connectivity index (χ1n) is 17.9. The average Bonchev–Trinajstić information content (AvgIpc) is 3.01. The average molecular weight is 671 g/mol. The van der Waals surface area contributed by atoms with E-state index < -0.39 is 24.4 Å². The molecule has 0 fully saturated rings. The summed E-state index contributed by atoms with van der Waals surface area (Å²) in [7, 11) is 0. The van der Waals surface area contributed by atoms with Crippen LogP contribution in [0.2, 0.25) is 0 Å². The molecule has 10 nitrogen and oxygen atoms in total. The Labute approximate surface area is 285 Å². The zero-order valence-corrected chi connectivity index (χ0v) is 29.2. The van der Waals surface area contributed by atoms with Gasteiger partial charge in [-0.05, 0) is 86.5 Å². The van der Waals surface area contributed by atoms with Crippen LogP contribution in [0, 0.1) is 11.8 Å². The van der Waals surface area contributed by atoms with Gasteiger partial charge in [0.2, 0.25) is 0 Å². The maximum Gasteiger partial charge on any atom is 0.405 e. The van der Waals surface area contributed by atoms with E-state index in [4.69, 9.17) is 20.9 Å². The largest absolute Gasteiger partial charge is 0.508 e. The second kappa shape index (κ2) is 18.7. The van der Waals surface area contributed by atoms with E-state index in [1.807, 2.05) is 13.8 Å². The van der Waals surface area contributed by atoms with Crippen molar-refractivity contribution >= 4 is 12.2 Å². The lowest BCUT2D eigenvalue weighted by atomic mass is 9.83. The maximum atomic E-state index is 12.0. The molecule has 0 aliphatic heterocycles. The van der Waals surface area contributed by atoms with Crippen molar-refractivity contribution < 1.29 is 39.5 Å². The van der Waals surface area contributed by atoms with Crippen LogP contribution in [0.3, 0.4) is 0 Å². The summed E-state index contributed by atoms with van der Waals surface area (Å²) >= 11 is 0. The van der Waals surface area contributed by atoms with Gasteiger partial charge in [-0.25, -0.2) is 9.59 Å². The predicted octanol–water partition coefficient (Wildman–Crippen LogP) is 9.44. The molecule has 4 bridgehead atoms. The third-order valence-corrected chi connectivity index (χ3v) is 10.0. The van der Waals surface area contributed by atoms with Gasteiger partial charge in [-0.15, -0.1) is 0 Å². The molecule has 0 heterocycles. The molecule has 0 unspecified atom stereocenters. The van der Waals surface area contributed by atoms with Crippen molar-refractivity contribution in [3.05, 3.63) is 46.5 Å². The molecule has 48 heavy (non-hydrogen) atoms. The van der Waals surface area contributed by atoms with Crippen molar-refractivity contribution in [1.29, 1.82) is 0 Å². The number of hydrogen-bond acceptors (Lipinski definition) is 8. The number of aromatic hydroxyl groups is 4. The SMILES string of the molecule is CCCC[C@@H]1CCCC[C@H](C)[C@@H](OC(N)=O)c2cc(O)c(c(O)c2)[C@@H](CCCC)CCCC[C@H](C)[C@@H](OC(N)=O)c2cc(O)c1c(O)c2. The van der Waals surface area contributed by atoms with Crippen molar-refractivity contribution in [3.63, 3.8) is 0 Å². The third-order valence-electron chi connectivity index (χ3n) is 10.0. The molecule has 4 aliphatic rings. The first-order chi connectivity index (χ1) is 22.9.